The molecule has 0 saturated carbocycles. The fourth-order valence-electron chi connectivity index (χ4n) is 0.933. The Hall–Kier alpha value is -1.25. The van der Waals surface area contributed by atoms with E-state index in [4.69, 9.17) is 9.84 Å². The summed E-state index contributed by atoms with van der Waals surface area (Å²) in [5, 5.41) is 8.91. The van der Waals surface area contributed by atoms with Crippen LogP contribution >= 0.6 is 0 Å². The van der Waals surface area contributed by atoms with Crippen molar-refractivity contribution in [3.8, 4) is 11.5 Å². The highest BCUT2D eigenvalue weighted by Crippen LogP contribution is 2.21. The third-order valence-electron chi connectivity index (χ3n) is 1.67. The lowest BCUT2D eigenvalue weighted by molar-refractivity contribution is 0.293. The largest absolute Gasteiger partial charge is 0.508 e. The van der Waals surface area contributed by atoms with Crippen LogP contribution in [0.5, 0.6) is 11.5 Å². The highest BCUT2D eigenvalue weighted by Gasteiger charge is 2.02. The smallest absolute Gasteiger partial charge is 0.168 e. The van der Waals surface area contributed by atoms with E-state index in [1.807, 2.05) is 6.92 Å². The van der Waals surface area contributed by atoms with Crippen LogP contribution in [0.3, 0.4) is 0 Å². The minimum absolute atomic E-state index is 0.0830. The first-order valence-electron chi connectivity index (χ1n) is 4.35. The number of phenolic OH excluding ortho intramolecular Hbond substituents is 1. The van der Waals surface area contributed by atoms with Gasteiger partial charge in [0.2, 0.25) is 0 Å². The highest BCUT2D eigenvalue weighted by atomic mass is 19.1. The third kappa shape index (κ3) is 2.93. The standard InChI is InChI=1S/C10H13FO2/c1-2-3-6-13-10-5-4-8(12)7-9(10)11/h4-5,7,12H,2-3,6H2,1H3. The number of phenols is 1. The average molecular weight is 184 g/mol. The molecule has 0 unspecified atom stereocenters. The number of rotatable bonds is 4. The Morgan fingerprint density at radius 3 is 2.85 bits per heavy atom. The van der Waals surface area contributed by atoms with E-state index in [2.05, 4.69) is 0 Å². The van der Waals surface area contributed by atoms with Gasteiger partial charge in [-0.1, -0.05) is 13.3 Å². The molecule has 1 aromatic carbocycles. The molecule has 0 saturated heterocycles. The minimum atomic E-state index is -0.517. The van der Waals surface area contributed by atoms with Crippen LogP contribution in [0.15, 0.2) is 18.2 Å². The Morgan fingerprint density at radius 2 is 2.23 bits per heavy atom. The van der Waals surface area contributed by atoms with E-state index in [0.29, 0.717) is 6.61 Å². The number of aromatic hydroxyl groups is 1. The van der Waals surface area contributed by atoms with Crippen LogP contribution in [0.1, 0.15) is 19.8 Å². The van der Waals surface area contributed by atoms with Gasteiger partial charge in [0.1, 0.15) is 5.75 Å². The van der Waals surface area contributed by atoms with Crippen molar-refractivity contribution in [2.45, 2.75) is 19.8 Å². The van der Waals surface area contributed by atoms with Crippen molar-refractivity contribution in [2.24, 2.45) is 0 Å². The van der Waals surface area contributed by atoms with Crippen molar-refractivity contribution in [1.29, 1.82) is 0 Å². The van der Waals surface area contributed by atoms with E-state index in [-0.39, 0.29) is 11.5 Å². The second kappa shape index (κ2) is 4.70. The first-order valence-corrected chi connectivity index (χ1v) is 4.35. The van der Waals surface area contributed by atoms with Crippen molar-refractivity contribution >= 4 is 0 Å². The molecule has 1 N–H and O–H groups in total. The summed E-state index contributed by atoms with van der Waals surface area (Å²) in [4.78, 5) is 0. The maximum absolute atomic E-state index is 13.0. The van der Waals surface area contributed by atoms with Gasteiger partial charge in [-0.3, -0.25) is 0 Å². The third-order valence-corrected chi connectivity index (χ3v) is 1.67. The molecule has 0 fully saturated rings. The predicted octanol–water partition coefficient (Wildman–Crippen LogP) is 2.71. The lowest BCUT2D eigenvalue weighted by Gasteiger charge is -2.05. The molecule has 0 aliphatic carbocycles. The zero-order chi connectivity index (χ0) is 9.68. The second-order valence-corrected chi connectivity index (χ2v) is 2.82. The van der Waals surface area contributed by atoms with Gasteiger partial charge in [0.15, 0.2) is 11.6 Å². The monoisotopic (exact) mass is 184 g/mol. The molecule has 0 spiro atoms. The molecular formula is C10H13FO2. The molecular weight excluding hydrogens is 171 g/mol. The Bertz CT molecular complexity index is 274. The molecule has 0 aliphatic heterocycles. The van der Waals surface area contributed by atoms with Gasteiger partial charge in [-0.25, -0.2) is 4.39 Å². The SMILES string of the molecule is CCCCOc1ccc(O)cc1F. The van der Waals surface area contributed by atoms with Gasteiger partial charge in [0.25, 0.3) is 0 Å². The maximum Gasteiger partial charge on any atom is 0.168 e. The lowest BCUT2D eigenvalue weighted by atomic mass is 10.3. The highest BCUT2D eigenvalue weighted by molar-refractivity contribution is 5.31. The molecule has 13 heavy (non-hydrogen) atoms. The number of unbranched alkanes of at least 4 members (excludes halogenated alkanes) is 1. The van der Waals surface area contributed by atoms with Gasteiger partial charge in [-0.15, -0.1) is 0 Å². The number of halogens is 1. The van der Waals surface area contributed by atoms with Crippen molar-refractivity contribution in [1.82, 2.24) is 0 Å². The van der Waals surface area contributed by atoms with Crippen LogP contribution in [-0.2, 0) is 0 Å². The first-order chi connectivity index (χ1) is 6.24. The molecule has 0 aromatic heterocycles. The molecule has 0 aliphatic rings. The van der Waals surface area contributed by atoms with E-state index in [0.717, 1.165) is 18.9 Å². The van der Waals surface area contributed by atoms with Gasteiger partial charge >= 0.3 is 0 Å². The molecule has 1 rings (SSSR count). The van der Waals surface area contributed by atoms with E-state index in [9.17, 15) is 4.39 Å². The average Bonchev–Trinajstić information content (AvgIpc) is 2.09. The number of benzene rings is 1. The van der Waals surface area contributed by atoms with Gasteiger partial charge < -0.3 is 9.84 Å². The number of ether oxygens (including phenoxy) is 1. The molecule has 0 radical (unpaired) electrons. The normalized spacial score (nSPS) is 10.0. The van der Waals surface area contributed by atoms with E-state index in [1.54, 1.807) is 0 Å². The Morgan fingerprint density at radius 1 is 1.46 bits per heavy atom. The van der Waals surface area contributed by atoms with E-state index < -0.39 is 5.82 Å². The summed E-state index contributed by atoms with van der Waals surface area (Å²) < 4.78 is 18.1. The van der Waals surface area contributed by atoms with Crippen LogP contribution in [0.25, 0.3) is 0 Å². The molecule has 72 valence electrons. The Balaban J connectivity index is 2.56. The predicted molar refractivity (Wildman–Crippen MR) is 48.5 cm³/mol. The first kappa shape index (κ1) is 9.84. The maximum atomic E-state index is 13.0. The van der Waals surface area contributed by atoms with Crippen molar-refractivity contribution in [3.63, 3.8) is 0 Å². The quantitative estimate of drug-likeness (QED) is 0.729. The molecule has 0 bridgehead atoms. The summed E-state index contributed by atoms with van der Waals surface area (Å²) >= 11 is 0. The molecule has 0 amide bonds. The summed E-state index contributed by atoms with van der Waals surface area (Å²) in [5.74, 6) is -0.400. The number of hydrogen-bond donors (Lipinski definition) is 1. The second-order valence-electron chi connectivity index (χ2n) is 2.82. The zero-order valence-corrected chi connectivity index (χ0v) is 7.59. The summed E-state index contributed by atoms with van der Waals surface area (Å²) in [7, 11) is 0. The van der Waals surface area contributed by atoms with Crippen molar-refractivity contribution < 1.29 is 14.2 Å². The summed E-state index contributed by atoms with van der Waals surface area (Å²) in [6, 6.07) is 3.88. The zero-order valence-electron chi connectivity index (χ0n) is 7.59. The van der Waals surface area contributed by atoms with Crippen molar-refractivity contribution in [3.05, 3.63) is 24.0 Å². The van der Waals surface area contributed by atoms with E-state index >= 15 is 0 Å². The van der Waals surface area contributed by atoms with E-state index in [1.165, 1.54) is 12.1 Å². The van der Waals surface area contributed by atoms with Gasteiger partial charge in [0, 0.05) is 6.07 Å². The van der Waals surface area contributed by atoms with Gasteiger partial charge in [-0.2, -0.15) is 0 Å². The summed E-state index contributed by atoms with van der Waals surface area (Å²) in [6.07, 6.45) is 1.92. The van der Waals surface area contributed by atoms with Gasteiger partial charge in [-0.05, 0) is 18.6 Å². The van der Waals surface area contributed by atoms with Crippen LogP contribution < -0.4 is 4.74 Å². The topological polar surface area (TPSA) is 29.5 Å². The lowest BCUT2D eigenvalue weighted by Crippen LogP contribution is -1.98. The Kier molecular flexibility index (Phi) is 3.55. The molecule has 1 aromatic rings. The van der Waals surface area contributed by atoms with Crippen LogP contribution in [0.4, 0.5) is 4.39 Å². The molecule has 0 atom stereocenters. The number of hydrogen-bond acceptors (Lipinski definition) is 2. The van der Waals surface area contributed by atoms with Crippen molar-refractivity contribution in [2.75, 3.05) is 6.61 Å². The molecule has 0 heterocycles. The fraction of sp³-hybridized carbons (Fsp3) is 0.400. The van der Waals surface area contributed by atoms with Crippen LogP contribution in [-0.4, -0.2) is 11.7 Å². The fourth-order valence-corrected chi connectivity index (χ4v) is 0.933. The minimum Gasteiger partial charge on any atom is -0.508 e. The van der Waals surface area contributed by atoms with Gasteiger partial charge in [0.05, 0.1) is 6.61 Å². The van der Waals surface area contributed by atoms with Crippen LogP contribution in [0.2, 0.25) is 0 Å². The molecule has 3 heteroatoms. The van der Waals surface area contributed by atoms with Crippen LogP contribution in [0, 0.1) is 5.82 Å². The molecule has 2 nitrogen and oxygen atoms in total. The Labute approximate surface area is 77.0 Å². The summed E-state index contributed by atoms with van der Waals surface area (Å²) in [5.41, 5.74) is 0. The summed E-state index contributed by atoms with van der Waals surface area (Å²) in [6.45, 7) is 2.55.